The number of nitrogens with zero attached hydrogens (tertiary/aromatic N) is 1. The van der Waals surface area contributed by atoms with E-state index in [2.05, 4.69) is 32.6 Å². The summed E-state index contributed by atoms with van der Waals surface area (Å²) in [5.74, 6) is -0.0705. The molecule has 0 aromatic rings. The molecule has 0 unspecified atom stereocenters. The lowest BCUT2D eigenvalue weighted by molar-refractivity contribution is -0.151. The fourth-order valence-electron chi connectivity index (χ4n) is 9.54. The smallest absolute Gasteiger partial charge is 0.462 e. The average molecular weight is 985 g/mol. The molecule has 0 radical (unpaired) electrons. The normalized spacial score (nSPS) is 13.6. The Morgan fingerprint density at radius 3 is 1.03 bits per heavy atom. The zero-order chi connectivity index (χ0) is 49.3. The first-order valence-electron chi connectivity index (χ1n) is 30.0. The fraction of sp³-hybridized carbons (Fsp3) is 0.966. The van der Waals surface area contributed by atoms with Gasteiger partial charge in [0.2, 0.25) is 0 Å². The van der Waals surface area contributed by atoms with E-state index in [1.54, 1.807) is 0 Å². The van der Waals surface area contributed by atoms with Crippen LogP contribution in [0.3, 0.4) is 0 Å². The number of ether oxygens (including phenoxy) is 2. The van der Waals surface area contributed by atoms with Gasteiger partial charge in [-0.05, 0) is 109 Å². The Morgan fingerprint density at radius 2 is 0.676 bits per heavy atom. The standard InChI is InChI=1S/C58H114NO8P/c1-5-9-13-17-23-32-43-55(44-33-24-18-14-10-6-2)66-57(60)47-36-27-21-29-40-52-63-68(62,65-54-42-51-59-49-38-31-39-50-59)64-53-41-30-22-28-37-48-58(61)67-56(45-34-25-19-15-11-7-3)46-35-26-20-16-12-8-4/h55-56H,5-54H2,1-4H3. The van der Waals surface area contributed by atoms with Gasteiger partial charge >= 0.3 is 19.8 Å². The molecule has 1 rings (SSSR count). The Balaban J connectivity index is 2.42. The van der Waals surface area contributed by atoms with E-state index in [4.69, 9.17) is 23.0 Å². The van der Waals surface area contributed by atoms with Crippen molar-refractivity contribution < 1.29 is 37.2 Å². The van der Waals surface area contributed by atoms with Crippen LogP contribution in [0.15, 0.2) is 0 Å². The lowest BCUT2D eigenvalue weighted by atomic mass is 10.0. The molecule has 9 nitrogen and oxygen atoms in total. The van der Waals surface area contributed by atoms with Gasteiger partial charge in [-0.3, -0.25) is 23.2 Å². The zero-order valence-electron chi connectivity index (χ0n) is 45.7. The van der Waals surface area contributed by atoms with Crippen LogP contribution in [0.2, 0.25) is 0 Å². The lowest BCUT2D eigenvalue weighted by Gasteiger charge is -2.26. The van der Waals surface area contributed by atoms with E-state index in [9.17, 15) is 14.2 Å². The molecular formula is C58H114NO8P. The number of hydrogen-bond donors (Lipinski definition) is 0. The van der Waals surface area contributed by atoms with E-state index < -0.39 is 7.82 Å². The maximum Gasteiger partial charge on any atom is 0.474 e. The van der Waals surface area contributed by atoms with Crippen LogP contribution in [0.5, 0.6) is 0 Å². The van der Waals surface area contributed by atoms with E-state index in [0.29, 0.717) is 32.7 Å². The summed E-state index contributed by atoms with van der Waals surface area (Å²) in [6.07, 6.45) is 49.0. The quantitative estimate of drug-likeness (QED) is 0.0335. The summed E-state index contributed by atoms with van der Waals surface area (Å²) in [4.78, 5) is 28.2. The summed E-state index contributed by atoms with van der Waals surface area (Å²) >= 11 is 0. The maximum atomic E-state index is 13.8. The topological polar surface area (TPSA) is 101 Å². The summed E-state index contributed by atoms with van der Waals surface area (Å²) in [5, 5.41) is 0. The van der Waals surface area contributed by atoms with E-state index in [1.807, 2.05) is 0 Å². The van der Waals surface area contributed by atoms with Gasteiger partial charge in [0.05, 0.1) is 19.8 Å². The SMILES string of the molecule is CCCCCCCCC(CCCCCCCC)OC(=O)CCCCCCCOP(=O)(OCCCCCCCC(=O)OC(CCCCCCCC)CCCCCCCC)OCCCN1CCCCC1. The molecule has 0 aromatic carbocycles. The van der Waals surface area contributed by atoms with Gasteiger partial charge in [0, 0.05) is 19.4 Å². The molecular weight excluding hydrogens is 870 g/mol. The maximum absolute atomic E-state index is 13.8. The summed E-state index contributed by atoms with van der Waals surface area (Å²) in [7, 11) is -3.67. The number of likely N-dealkylation sites (tertiary alicyclic amines) is 1. The van der Waals surface area contributed by atoms with E-state index in [1.165, 1.54) is 148 Å². The lowest BCUT2D eigenvalue weighted by Crippen LogP contribution is -2.31. The Labute approximate surface area is 422 Å². The highest BCUT2D eigenvalue weighted by Gasteiger charge is 2.26. The van der Waals surface area contributed by atoms with Crippen LogP contribution in [0.1, 0.15) is 310 Å². The molecule has 1 fully saturated rings. The second-order valence-electron chi connectivity index (χ2n) is 20.7. The van der Waals surface area contributed by atoms with Gasteiger partial charge in [-0.25, -0.2) is 4.57 Å². The molecule has 0 saturated carbocycles. The van der Waals surface area contributed by atoms with Crippen molar-refractivity contribution in [2.75, 3.05) is 39.5 Å². The number of phosphoric acid groups is 1. The van der Waals surface area contributed by atoms with Crippen molar-refractivity contribution in [1.82, 2.24) is 4.90 Å². The van der Waals surface area contributed by atoms with Gasteiger partial charge in [0.1, 0.15) is 12.2 Å². The van der Waals surface area contributed by atoms with Gasteiger partial charge in [-0.1, -0.05) is 201 Å². The van der Waals surface area contributed by atoms with E-state index in [0.717, 1.165) is 142 Å². The van der Waals surface area contributed by atoms with Gasteiger partial charge in [0.25, 0.3) is 0 Å². The molecule has 0 spiro atoms. The molecule has 0 aliphatic carbocycles. The molecule has 1 heterocycles. The highest BCUT2D eigenvalue weighted by atomic mass is 31.2. The molecule has 10 heteroatoms. The minimum atomic E-state index is -3.67. The Kier molecular flexibility index (Phi) is 47.4. The number of hydrogen-bond acceptors (Lipinski definition) is 9. The van der Waals surface area contributed by atoms with Crippen LogP contribution in [0, 0.1) is 0 Å². The monoisotopic (exact) mass is 984 g/mol. The van der Waals surface area contributed by atoms with Crippen LogP contribution in [-0.4, -0.2) is 68.5 Å². The van der Waals surface area contributed by atoms with Crippen molar-refractivity contribution in [1.29, 1.82) is 0 Å². The van der Waals surface area contributed by atoms with Crippen molar-refractivity contribution in [3.05, 3.63) is 0 Å². The van der Waals surface area contributed by atoms with Crippen LogP contribution in [0.25, 0.3) is 0 Å². The number of esters is 2. The third-order valence-electron chi connectivity index (χ3n) is 14.0. The number of unbranched alkanes of at least 4 members (excludes halogenated alkanes) is 28. The molecule has 0 N–H and O–H groups in total. The average Bonchev–Trinajstić information content (AvgIpc) is 3.34. The highest BCUT2D eigenvalue weighted by Crippen LogP contribution is 2.50. The Morgan fingerprint density at radius 1 is 0.382 bits per heavy atom. The van der Waals surface area contributed by atoms with Crippen molar-refractivity contribution >= 4 is 19.8 Å². The van der Waals surface area contributed by atoms with E-state index >= 15 is 0 Å². The minimum Gasteiger partial charge on any atom is -0.462 e. The van der Waals surface area contributed by atoms with Gasteiger partial charge in [-0.2, -0.15) is 0 Å². The Hall–Kier alpha value is -0.990. The summed E-state index contributed by atoms with van der Waals surface area (Å²) in [6, 6.07) is 0. The first kappa shape index (κ1) is 65.0. The van der Waals surface area contributed by atoms with Gasteiger partial charge in [0.15, 0.2) is 0 Å². The summed E-state index contributed by atoms with van der Waals surface area (Å²) in [6.45, 7) is 13.3. The van der Waals surface area contributed by atoms with E-state index in [-0.39, 0.29) is 24.1 Å². The number of carbonyl (C=O) groups is 2. The minimum absolute atomic E-state index is 0.0353. The van der Waals surface area contributed by atoms with Crippen molar-refractivity contribution in [3.63, 3.8) is 0 Å². The van der Waals surface area contributed by atoms with Crippen molar-refractivity contribution in [2.45, 2.75) is 322 Å². The third kappa shape index (κ3) is 42.7. The molecule has 1 aliphatic rings. The van der Waals surface area contributed by atoms with Crippen LogP contribution in [0.4, 0.5) is 0 Å². The summed E-state index contributed by atoms with van der Waals surface area (Å²) < 4.78 is 43.6. The predicted octanol–water partition coefficient (Wildman–Crippen LogP) is 18.5. The first-order valence-corrected chi connectivity index (χ1v) is 31.5. The zero-order valence-corrected chi connectivity index (χ0v) is 46.6. The van der Waals surface area contributed by atoms with Gasteiger partial charge < -0.3 is 14.4 Å². The first-order chi connectivity index (χ1) is 33.4. The predicted molar refractivity (Wildman–Crippen MR) is 288 cm³/mol. The largest absolute Gasteiger partial charge is 0.474 e. The molecule has 68 heavy (non-hydrogen) atoms. The third-order valence-corrected chi connectivity index (χ3v) is 15.5. The van der Waals surface area contributed by atoms with Crippen molar-refractivity contribution in [3.8, 4) is 0 Å². The van der Waals surface area contributed by atoms with Crippen molar-refractivity contribution in [2.24, 2.45) is 0 Å². The van der Waals surface area contributed by atoms with Crippen LogP contribution in [-0.2, 0) is 37.2 Å². The second kappa shape index (κ2) is 49.6. The molecule has 1 aliphatic heterocycles. The summed E-state index contributed by atoms with van der Waals surface area (Å²) in [5.41, 5.74) is 0. The second-order valence-corrected chi connectivity index (χ2v) is 22.4. The number of carbonyl (C=O) groups excluding carboxylic acids is 2. The number of phosphoric ester groups is 1. The van der Waals surface area contributed by atoms with Crippen LogP contribution >= 0.6 is 7.82 Å². The highest BCUT2D eigenvalue weighted by molar-refractivity contribution is 7.48. The molecule has 0 atom stereocenters. The number of rotatable bonds is 53. The number of piperidine rings is 1. The van der Waals surface area contributed by atoms with Gasteiger partial charge in [-0.15, -0.1) is 0 Å². The molecule has 404 valence electrons. The molecule has 0 bridgehead atoms. The van der Waals surface area contributed by atoms with Crippen LogP contribution < -0.4 is 0 Å². The molecule has 0 amide bonds. The molecule has 1 saturated heterocycles. The molecule has 0 aromatic heterocycles. The fourth-order valence-corrected chi connectivity index (χ4v) is 10.8. The Bertz CT molecular complexity index is 1030.